The van der Waals surface area contributed by atoms with Crippen LogP contribution in [0.4, 0.5) is 4.79 Å². The number of amides is 3. The molecule has 1 spiro atoms. The quantitative estimate of drug-likeness (QED) is 0.847. The minimum Gasteiger partial charge on any atom is -0.323 e. The summed E-state index contributed by atoms with van der Waals surface area (Å²) in [5.41, 5.74) is 1.49. The summed E-state index contributed by atoms with van der Waals surface area (Å²) in [4.78, 5) is 27.0. The summed E-state index contributed by atoms with van der Waals surface area (Å²) in [6, 6.07) is 7.66. The lowest BCUT2D eigenvalue weighted by Crippen LogP contribution is -2.54. The van der Waals surface area contributed by atoms with Crippen LogP contribution in [0.25, 0.3) is 0 Å². The molecule has 1 N–H and O–H groups in total. The SMILES string of the molecule is Cc1ccccc1CN1C(=O)N[C@]2(C[C@H](C)CC(C)(C)C2)C1=O. The first kappa shape index (κ1) is 16.0. The van der Waals surface area contributed by atoms with Crippen molar-refractivity contribution in [3.8, 4) is 0 Å². The summed E-state index contributed by atoms with van der Waals surface area (Å²) in [5, 5.41) is 3.03. The van der Waals surface area contributed by atoms with Gasteiger partial charge < -0.3 is 5.32 Å². The largest absolute Gasteiger partial charge is 0.325 e. The number of nitrogens with one attached hydrogen (secondary N) is 1. The van der Waals surface area contributed by atoms with Gasteiger partial charge in [-0.05, 0) is 48.6 Å². The molecule has 3 rings (SSSR count). The van der Waals surface area contributed by atoms with Crippen LogP contribution in [0.15, 0.2) is 24.3 Å². The molecule has 2 atom stereocenters. The first-order chi connectivity index (χ1) is 10.7. The van der Waals surface area contributed by atoms with Gasteiger partial charge in [-0.25, -0.2) is 4.79 Å². The third-order valence-corrected chi connectivity index (χ3v) is 5.21. The monoisotopic (exact) mass is 314 g/mol. The fourth-order valence-corrected chi connectivity index (χ4v) is 4.61. The zero-order valence-corrected chi connectivity index (χ0v) is 14.5. The third kappa shape index (κ3) is 2.87. The molecule has 23 heavy (non-hydrogen) atoms. The molecule has 0 radical (unpaired) electrons. The van der Waals surface area contributed by atoms with Gasteiger partial charge in [0.25, 0.3) is 5.91 Å². The summed E-state index contributed by atoms with van der Waals surface area (Å²) >= 11 is 0. The van der Waals surface area contributed by atoms with Crippen molar-refractivity contribution in [1.29, 1.82) is 0 Å². The number of carbonyl (C=O) groups is 2. The maximum absolute atomic E-state index is 13.1. The topological polar surface area (TPSA) is 49.4 Å². The van der Waals surface area contributed by atoms with Crippen LogP contribution in [-0.4, -0.2) is 22.4 Å². The molecule has 3 amide bonds. The molecular formula is C19H26N2O2. The highest BCUT2D eigenvalue weighted by Crippen LogP contribution is 2.46. The normalized spacial score (nSPS) is 29.9. The van der Waals surface area contributed by atoms with Crippen molar-refractivity contribution in [2.75, 3.05) is 0 Å². The number of urea groups is 1. The Hall–Kier alpha value is -1.84. The minimum atomic E-state index is -0.707. The molecule has 2 fully saturated rings. The molecule has 1 aliphatic carbocycles. The van der Waals surface area contributed by atoms with Gasteiger partial charge >= 0.3 is 6.03 Å². The van der Waals surface area contributed by atoms with E-state index in [4.69, 9.17) is 0 Å². The van der Waals surface area contributed by atoms with Crippen LogP contribution in [0.5, 0.6) is 0 Å². The molecule has 0 bridgehead atoms. The Kier molecular flexibility index (Phi) is 3.74. The number of hydrogen-bond donors (Lipinski definition) is 1. The molecule has 2 aliphatic rings. The molecule has 124 valence electrons. The van der Waals surface area contributed by atoms with Gasteiger partial charge in [0.05, 0.1) is 6.54 Å². The fraction of sp³-hybridized carbons (Fsp3) is 0.579. The highest BCUT2D eigenvalue weighted by molar-refractivity contribution is 6.07. The molecule has 0 unspecified atom stereocenters. The predicted octanol–water partition coefficient (Wildman–Crippen LogP) is 3.63. The van der Waals surface area contributed by atoms with Crippen molar-refractivity contribution >= 4 is 11.9 Å². The second-order valence-electron chi connectivity index (χ2n) is 8.18. The first-order valence-electron chi connectivity index (χ1n) is 8.41. The zero-order valence-electron chi connectivity index (χ0n) is 14.5. The van der Waals surface area contributed by atoms with Crippen molar-refractivity contribution in [3.63, 3.8) is 0 Å². The van der Waals surface area contributed by atoms with E-state index in [0.717, 1.165) is 30.4 Å². The Morgan fingerprint density at radius 2 is 1.91 bits per heavy atom. The van der Waals surface area contributed by atoms with E-state index in [0.29, 0.717) is 12.5 Å². The lowest BCUT2D eigenvalue weighted by molar-refractivity contribution is -0.135. The Bertz CT molecular complexity index is 653. The van der Waals surface area contributed by atoms with E-state index in [2.05, 4.69) is 26.1 Å². The number of benzene rings is 1. The number of nitrogens with zero attached hydrogens (tertiary/aromatic N) is 1. The summed E-state index contributed by atoms with van der Waals surface area (Å²) < 4.78 is 0. The Morgan fingerprint density at radius 1 is 1.22 bits per heavy atom. The summed E-state index contributed by atoms with van der Waals surface area (Å²) in [6.07, 6.45) is 2.56. The molecule has 1 heterocycles. The van der Waals surface area contributed by atoms with E-state index in [1.807, 2.05) is 31.2 Å². The fourth-order valence-electron chi connectivity index (χ4n) is 4.61. The molecule has 1 aromatic rings. The van der Waals surface area contributed by atoms with E-state index in [1.165, 1.54) is 4.90 Å². The smallest absolute Gasteiger partial charge is 0.323 e. The molecule has 1 aromatic carbocycles. The van der Waals surface area contributed by atoms with E-state index in [9.17, 15) is 9.59 Å². The van der Waals surface area contributed by atoms with Gasteiger partial charge in [-0.2, -0.15) is 0 Å². The summed E-state index contributed by atoms with van der Waals surface area (Å²) in [6.45, 7) is 8.91. The first-order valence-corrected chi connectivity index (χ1v) is 8.41. The third-order valence-electron chi connectivity index (χ3n) is 5.21. The molecule has 1 saturated carbocycles. The van der Waals surface area contributed by atoms with Gasteiger partial charge in [0.2, 0.25) is 0 Å². The van der Waals surface area contributed by atoms with E-state index >= 15 is 0 Å². The molecule has 1 saturated heterocycles. The van der Waals surface area contributed by atoms with Gasteiger partial charge in [0.1, 0.15) is 5.54 Å². The van der Waals surface area contributed by atoms with Crippen LogP contribution in [0, 0.1) is 18.3 Å². The number of aryl methyl sites for hydroxylation is 1. The van der Waals surface area contributed by atoms with Crippen LogP contribution in [0.3, 0.4) is 0 Å². The number of hydrogen-bond acceptors (Lipinski definition) is 2. The lowest BCUT2D eigenvalue weighted by Gasteiger charge is -2.43. The highest BCUT2D eigenvalue weighted by atomic mass is 16.2. The molecule has 0 aromatic heterocycles. The average Bonchev–Trinajstić information content (AvgIpc) is 2.62. The maximum Gasteiger partial charge on any atom is 0.325 e. The predicted molar refractivity (Wildman–Crippen MR) is 89.8 cm³/mol. The summed E-state index contributed by atoms with van der Waals surface area (Å²) in [5.74, 6) is 0.381. The van der Waals surface area contributed by atoms with Crippen LogP contribution < -0.4 is 5.32 Å². The van der Waals surface area contributed by atoms with Crippen molar-refractivity contribution in [3.05, 3.63) is 35.4 Å². The molecule has 4 nitrogen and oxygen atoms in total. The van der Waals surface area contributed by atoms with E-state index in [-0.39, 0.29) is 17.4 Å². The molecule has 4 heteroatoms. The van der Waals surface area contributed by atoms with Crippen molar-refractivity contribution < 1.29 is 9.59 Å². The van der Waals surface area contributed by atoms with Crippen molar-refractivity contribution in [2.24, 2.45) is 11.3 Å². The van der Waals surface area contributed by atoms with Gasteiger partial charge in [-0.1, -0.05) is 45.0 Å². The number of carbonyl (C=O) groups excluding carboxylic acids is 2. The number of rotatable bonds is 2. The van der Waals surface area contributed by atoms with Gasteiger partial charge in [-0.15, -0.1) is 0 Å². The van der Waals surface area contributed by atoms with Crippen LogP contribution in [-0.2, 0) is 11.3 Å². The maximum atomic E-state index is 13.1. The molecule has 1 aliphatic heterocycles. The second kappa shape index (κ2) is 5.36. The van der Waals surface area contributed by atoms with Gasteiger partial charge in [-0.3, -0.25) is 9.69 Å². The lowest BCUT2D eigenvalue weighted by atomic mass is 9.64. The van der Waals surface area contributed by atoms with Crippen LogP contribution in [0.2, 0.25) is 0 Å². The van der Waals surface area contributed by atoms with Crippen molar-refractivity contribution in [1.82, 2.24) is 10.2 Å². The number of imide groups is 1. The van der Waals surface area contributed by atoms with Crippen LogP contribution in [0.1, 0.15) is 51.2 Å². The Morgan fingerprint density at radius 3 is 2.57 bits per heavy atom. The highest BCUT2D eigenvalue weighted by Gasteiger charge is 2.55. The zero-order chi connectivity index (χ0) is 16.8. The van der Waals surface area contributed by atoms with E-state index < -0.39 is 5.54 Å². The minimum absolute atomic E-state index is 0.0506. The second-order valence-corrected chi connectivity index (χ2v) is 8.18. The van der Waals surface area contributed by atoms with Gasteiger partial charge in [0, 0.05) is 0 Å². The van der Waals surface area contributed by atoms with Gasteiger partial charge in [0.15, 0.2) is 0 Å². The average molecular weight is 314 g/mol. The Balaban J connectivity index is 1.87. The van der Waals surface area contributed by atoms with Crippen molar-refractivity contribution in [2.45, 2.75) is 59.0 Å². The standard InChI is InChI=1S/C19H26N2O2/c1-13-9-18(3,4)12-19(10-13)16(22)21(17(23)20-19)11-15-8-6-5-7-14(15)2/h5-8,13H,9-12H2,1-4H3,(H,20,23)/t13-,19+/m1/s1. The Labute approximate surface area is 138 Å². The molecular weight excluding hydrogens is 288 g/mol. The van der Waals surface area contributed by atoms with E-state index in [1.54, 1.807) is 0 Å². The van der Waals surface area contributed by atoms with Crippen LogP contribution >= 0.6 is 0 Å². The summed E-state index contributed by atoms with van der Waals surface area (Å²) in [7, 11) is 0.